The van der Waals surface area contributed by atoms with Crippen molar-refractivity contribution in [1.82, 2.24) is 0 Å². The fourth-order valence-electron chi connectivity index (χ4n) is 1.93. The number of halogens is 1. The van der Waals surface area contributed by atoms with Gasteiger partial charge < -0.3 is 15.2 Å². The van der Waals surface area contributed by atoms with Gasteiger partial charge in [-0.25, -0.2) is 4.39 Å². The van der Waals surface area contributed by atoms with Gasteiger partial charge in [-0.05, 0) is 30.3 Å². The normalized spacial score (nSPS) is 12.0. The Morgan fingerprint density at radius 3 is 2.43 bits per heavy atom. The highest BCUT2D eigenvalue weighted by atomic mass is 32.2. The second-order valence-corrected chi connectivity index (χ2v) is 5.57. The van der Waals surface area contributed by atoms with E-state index in [1.54, 1.807) is 38.1 Å². The third-order valence-electron chi connectivity index (χ3n) is 3.08. The van der Waals surface area contributed by atoms with Crippen LogP contribution in [0.1, 0.15) is 11.6 Å². The number of ether oxygens (including phenoxy) is 2. The molecule has 2 aromatic carbocycles. The number of rotatable bonds is 6. The minimum Gasteiger partial charge on any atom is -0.497 e. The molecule has 0 radical (unpaired) electrons. The van der Waals surface area contributed by atoms with Crippen molar-refractivity contribution in [2.75, 3.05) is 20.0 Å². The van der Waals surface area contributed by atoms with Gasteiger partial charge >= 0.3 is 0 Å². The summed E-state index contributed by atoms with van der Waals surface area (Å²) in [5.41, 5.74) is 7.15. The van der Waals surface area contributed by atoms with E-state index in [1.165, 1.54) is 12.1 Å². The molecule has 0 amide bonds. The summed E-state index contributed by atoms with van der Waals surface area (Å²) < 4.78 is 23.4. The van der Waals surface area contributed by atoms with Gasteiger partial charge in [0.25, 0.3) is 0 Å². The largest absolute Gasteiger partial charge is 0.497 e. The molecule has 112 valence electrons. The standard InChI is InChI=1S/C16H18FNO2S/c1-19-12-5-8-14(16(9-12)20-2)15(18)10-21-13-6-3-11(17)4-7-13/h3-9,15H,10,18H2,1-2H3. The number of methoxy groups -OCH3 is 2. The van der Waals surface area contributed by atoms with Crippen molar-refractivity contribution in [3.05, 3.63) is 53.8 Å². The maximum atomic E-state index is 12.9. The zero-order valence-electron chi connectivity index (χ0n) is 12.0. The number of benzene rings is 2. The van der Waals surface area contributed by atoms with E-state index < -0.39 is 0 Å². The first kappa shape index (κ1) is 15.7. The number of hydrogen-bond acceptors (Lipinski definition) is 4. The first-order valence-corrected chi connectivity index (χ1v) is 7.48. The van der Waals surface area contributed by atoms with Crippen LogP contribution in [-0.2, 0) is 0 Å². The molecule has 1 atom stereocenters. The maximum absolute atomic E-state index is 12.9. The molecule has 0 aliphatic heterocycles. The molecule has 0 aliphatic carbocycles. The lowest BCUT2D eigenvalue weighted by molar-refractivity contribution is 0.389. The van der Waals surface area contributed by atoms with Crippen LogP contribution in [0.2, 0.25) is 0 Å². The molecule has 1 unspecified atom stereocenters. The second-order valence-electron chi connectivity index (χ2n) is 4.48. The number of hydrogen-bond donors (Lipinski definition) is 1. The minimum absolute atomic E-state index is 0.180. The van der Waals surface area contributed by atoms with Crippen LogP contribution in [0.5, 0.6) is 11.5 Å². The molecule has 0 spiro atoms. The predicted octanol–water partition coefficient (Wildman–Crippen LogP) is 3.64. The van der Waals surface area contributed by atoms with Crippen LogP contribution in [0.25, 0.3) is 0 Å². The molecule has 21 heavy (non-hydrogen) atoms. The first-order chi connectivity index (χ1) is 10.1. The Hall–Kier alpha value is -1.72. The molecule has 0 aromatic heterocycles. The Bertz CT molecular complexity index is 589. The van der Waals surface area contributed by atoms with Crippen LogP contribution < -0.4 is 15.2 Å². The van der Waals surface area contributed by atoms with E-state index in [1.807, 2.05) is 18.2 Å². The lowest BCUT2D eigenvalue weighted by atomic mass is 10.1. The number of nitrogens with two attached hydrogens (primary N) is 1. The molecule has 0 aliphatic rings. The maximum Gasteiger partial charge on any atom is 0.127 e. The Balaban J connectivity index is 2.05. The lowest BCUT2D eigenvalue weighted by Crippen LogP contribution is -2.14. The molecule has 2 N–H and O–H groups in total. The molecule has 3 nitrogen and oxygen atoms in total. The van der Waals surface area contributed by atoms with Gasteiger partial charge in [-0.2, -0.15) is 0 Å². The fourth-order valence-corrected chi connectivity index (χ4v) is 2.81. The van der Waals surface area contributed by atoms with Crippen molar-refractivity contribution < 1.29 is 13.9 Å². The van der Waals surface area contributed by atoms with E-state index in [4.69, 9.17) is 15.2 Å². The third kappa shape index (κ3) is 4.12. The smallest absolute Gasteiger partial charge is 0.127 e. The topological polar surface area (TPSA) is 44.5 Å². The summed E-state index contributed by atoms with van der Waals surface area (Å²) in [6.45, 7) is 0. The molecular formula is C16H18FNO2S. The molecular weight excluding hydrogens is 289 g/mol. The highest BCUT2D eigenvalue weighted by Crippen LogP contribution is 2.31. The van der Waals surface area contributed by atoms with Gasteiger partial charge in [-0.15, -0.1) is 11.8 Å². The summed E-state index contributed by atoms with van der Waals surface area (Å²) in [7, 11) is 3.22. The van der Waals surface area contributed by atoms with Crippen molar-refractivity contribution in [2.45, 2.75) is 10.9 Å². The second kappa shape index (κ2) is 7.33. The number of thioether (sulfide) groups is 1. The average Bonchev–Trinajstić information content (AvgIpc) is 2.53. The molecule has 0 saturated carbocycles. The van der Waals surface area contributed by atoms with Gasteiger partial charge in [0.2, 0.25) is 0 Å². The molecule has 0 fully saturated rings. The van der Waals surface area contributed by atoms with Crippen LogP contribution in [0.15, 0.2) is 47.4 Å². The Labute approximate surface area is 128 Å². The van der Waals surface area contributed by atoms with Gasteiger partial charge in [0.15, 0.2) is 0 Å². The molecule has 0 heterocycles. The third-order valence-corrected chi connectivity index (χ3v) is 4.21. The van der Waals surface area contributed by atoms with E-state index in [-0.39, 0.29) is 11.9 Å². The van der Waals surface area contributed by atoms with E-state index in [2.05, 4.69) is 0 Å². The quantitative estimate of drug-likeness (QED) is 0.828. The SMILES string of the molecule is COc1ccc(C(N)CSc2ccc(F)cc2)c(OC)c1. The average molecular weight is 307 g/mol. The zero-order chi connectivity index (χ0) is 15.2. The van der Waals surface area contributed by atoms with Gasteiger partial charge in [-0.3, -0.25) is 0 Å². The predicted molar refractivity (Wildman–Crippen MR) is 83.6 cm³/mol. The van der Waals surface area contributed by atoms with Crippen LogP contribution in [0.3, 0.4) is 0 Å². The summed E-state index contributed by atoms with van der Waals surface area (Å²) in [6.07, 6.45) is 0. The lowest BCUT2D eigenvalue weighted by Gasteiger charge is -2.16. The van der Waals surface area contributed by atoms with Crippen molar-refractivity contribution in [2.24, 2.45) is 5.73 Å². The van der Waals surface area contributed by atoms with E-state index in [9.17, 15) is 4.39 Å². The molecule has 0 bridgehead atoms. The zero-order valence-corrected chi connectivity index (χ0v) is 12.8. The summed E-state index contributed by atoms with van der Waals surface area (Å²) >= 11 is 1.58. The van der Waals surface area contributed by atoms with Gasteiger partial charge in [-0.1, -0.05) is 6.07 Å². The van der Waals surface area contributed by atoms with Gasteiger partial charge in [0, 0.05) is 28.3 Å². The Kier molecular flexibility index (Phi) is 5.47. The van der Waals surface area contributed by atoms with E-state index in [0.717, 1.165) is 16.2 Å². The van der Waals surface area contributed by atoms with Crippen LogP contribution in [-0.4, -0.2) is 20.0 Å². The Morgan fingerprint density at radius 1 is 1.10 bits per heavy atom. The van der Waals surface area contributed by atoms with Gasteiger partial charge in [0.1, 0.15) is 17.3 Å². The van der Waals surface area contributed by atoms with Crippen molar-refractivity contribution >= 4 is 11.8 Å². The van der Waals surface area contributed by atoms with Crippen LogP contribution in [0.4, 0.5) is 4.39 Å². The highest BCUT2D eigenvalue weighted by molar-refractivity contribution is 7.99. The van der Waals surface area contributed by atoms with Crippen LogP contribution in [0, 0.1) is 5.82 Å². The van der Waals surface area contributed by atoms with Gasteiger partial charge in [0.05, 0.1) is 14.2 Å². The molecule has 5 heteroatoms. The summed E-state index contributed by atoms with van der Waals surface area (Å²) in [6, 6.07) is 11.8. The monoisotopic (exact) mass is 307 g/mol. The van der Waals surface area contributed by atoms with Crippen molar-refractivity contribution in [3.63, 3.8) is 0 Å². The molecule has 2 rings (SSSR count). The molecule has 2 aromatic rings. The summed E-state index contributed by atoms with van der Waals surface area (Å²) in [5.74, 6) is 1.88. The van der Waals surface area contributed by atoms with E-state index >= 15 is 0 Å². The minimum atomic E-state index is -0.236. The fraction of sp³-hybridized carbons (Fsp3) is 0.250. The van der Waals surface area contributed by atoms with E-state index in [0.29, 0.717) is 11.5 Å². The highest BCUT2D eigenvalue weighted by Gasteiger charge is 2.13. The first-order valence-electron chi connectivity index (χ1n) is 6.50. The summed E-state index contributed by atoms with van der Waals surface area (Å²) in [5, 5.41) is 0. The molecule has 0 saturated heterocycles. The Morgan fingerprint density at radius 2 is 1.81 bits per heavy atom. The van der Waals surface area contributed by atoms with Crippen LogP contribution >= 0.6 is 11.8 Å². The van der Waals surface area contributed by atoms with Crippen molar-refractivity contribution in [3.8, 4) is 11.5 Å². The summed E-state index contributed by atoms with van der Waals surface area (Å²) in [4.78, 5) is 0.985. The van der Waals surface area contributed by atoms with Crippen molar-refractivity contribution in [1.29, 1.82) is 0 Å².